The fraction of sp³-hybridized carbons (Fsp3) is 0.333. The predicted octanol–water partition coefficient (Wildman–Crippen LogP) is 2.91. The lowest BCUT2D eigenvalue weighted by atomic mass is 10.0. The summed E-state index contributed by atoms with van der Waals surface area (Å²) in [5.41, 5.74) is 8.91. The molecule has 0 bridgehead atoms. The third-order valence-electron chi connectivity index (χ3n) is 3.42. The molecule has 1 aromatic heterocycles. The van der Waals surface area contributed by atoms with Crippen LogP contribution >= 0.6 is 0 Å². The topological polar surface area (TPSA) is 68.0 Å². The molecule has 0 spiro atoms. The van der Waals surface area contributed by atoms with Crippen LogP contribution in [0.25, 0.3) is 10.9 Å². The van der Waals surface area contributed by atoms with E-state index >= 15 is 0 Å². The number of amides is 1. The van der Waals surface area contributed by atoms with Gasteiger partial charge < -0.3 is 11.1 Å². The smallest absolute Gasteiger partial charge is 0.269 e. The molecule has 0 radical (unpaired) electrons. The minimum atomic E-state index is -0.182. The molecule has 0 aliphatic carbocycles. The van der Waals surface area contributed by atoms with Gasteiger partial charge in [-0.3, -0.25) is 4.79 Å². The zero-order chi connectivity index (χ0) is 15.9. The number of nitrogen functional groups attached to an aromatic ring is 1. The second-order valence-corrected chi connectivity index (χ2v) is 5.09. The summed E-state index contributed by atoms with van der Waals surface area (Å²) in [6, 6.07) is 7.55. The van der Waals surface area contributed by atoms with Crippen LogP contribution in [0.3, 0.4) is 0 Å². The second-order valence-electron chi connectivity index (χ2n) is 5.09. The molecule has 4 heteroatoms. The molecule has 22 heavy (non-hydrogen) atoms. The lowest BCUT2D eigenvalue weighted by Crippen LogP contribution is -2.25. The third-order valence-corrected chi connectivity index (χ3v) is 3.42. The first-order chi connectivity index (χ1) is 10.7. The van der Waals surface area contributed by atoms with E-state index in [0.29, 0.717) is 17.9 Å². The molecule has 1 heterocycles. The number of fused-ring (bicyclic) bond motifs is 1. The van der Waals surface area contributed by atoms with Crippen molar-refractivity contribution in [1.82, 2.24) is 10.3 Å². The molecular formula is C18H21N3O. The van der Waals surface area contributed by atoms with E-state index in [1.54, 1.807) is 6.07 Å². The molecule has 4 nitrogen and oxygen atoms in total. The van der Waals surface area contributed by atoms with Crippen LogP contribution in [0.5, 0.6) is 0 Å². The van der Waals surface area contributed by atoms with E-state index in [1.165, 1.54) is 0 Å². The van der Waals surface area contributed by atoms with Gasteiger partial charge in [0.05, 0.1) is 5.52 Å². The van der Waals surface area contributed by atoms with Crippen molar-refractivity contribution in [2.45, 2.75) is 33.1 Å². The fourth-order valence-corrected chi connectivity index (χ4v) is 2.30. The number of carbonyl (C=O) groups excluding carboxylic acids is 1. The maximum absolute atomic E-state index is 12.1. The monoisotopic (exact) mass is 295 g/mol. The van der Waals surface area contributed by atoms with Crippen molar-refractivity contribution >= 4 is 22.5 Å². The molecule has 0 unspecified atom stereocenters. The van der Waals surface area contributed by atoms with Gasteiger partial charge in [-0.25, -0.2) is 4.98 Å². The van der Waals surface area contributed by atoms with Crippen LogP contribution < -0.4 is 11.1 Å². The molecule has 2 rings (SSSR count). The Morgan fingerprint density at radius 3 is 2.95 bits per heavy atom. The first kappa shape index (κ1) is 15.8. The summed E-state index contributed by atoms with van der Waals surface area (Å²) < 4.78 is 0. The molecule has 0 aliphatic rings. The summed E-state index contributed by atoms with van der Waals surface area (Å²) in [5.74, 6) is 5.76. The summed E-state index contributed by atoms with van der Waals surface area (Å²) in [5, 5.41) is 3.72. The molecular weight excluding hydrogens is 274 g/mol. The van der Waals surface area contributed by atoms with Gasteiger partial charge in [0.1, 0.15) is 5.69 Å². The first-order valence-electron chi connectivity index (χ1n) is 7.53. The first-order valence-corrected chi connectivity index (χ1v) is 7.53. The standard InChI is InChI=1S/C18H21N3O/c1-3-5-6-8-13-9-7-10-14-15(19)12-16(21-17(13)14)18(22)20-11-4-2/h7,9-10,12H,4,6,8,11H2,1-2H3,(H2,19,21)(H,20,22). The molecule has 1 amide bonds. The highest BCUT2D eigenvalue weighted by molar-refractivity contribution is 6.00. The number of hydrogen-bond donors (Lipinski definition) is 2. The van der Waals surface area contributed by atoms with Gasteiger partial charge >= 0.3 is 0 Å². The minimum absolute atomic E-state index is 0.182. The highest BCUT2D eigenvalue weighted by Gasteiger charge is 2.12. The normalized spacial score (nSPS) is 10.1. The van der Waals surface area contributed by atoms with Crippen LogP contribution in [0.15, 0.2) is 24.3 Å². The van der Waals surface area contributed by atoms with Crippen LogP contribution in [0.4, 0.5) is 5.69 Å². The van der Waals surface area contributed by atoms with Crippen molar-refractivity contribution < 1.29 is 4.79 Å². The van der Waals surface area contributed by atoms with Crippen LogP contribution in [-0.2, 0) is 6.42 Å². The number of para-hydroxylation sites is 1. The van der Waals surface area contributed by atoms with Crippen molar-refractivity contribution in [1.29, 1.82) is 0 Å². The van der Waals surface area contributed by atoms with Gasteiger partial charge in [0.15, 0.2) is 0 Å². The van der Waals surface area contributed by atoms with Gasteiger partial charge in [-0.1, -0.05) is 25.1 Å². The molecule has 1 aromatic carbocycles. The van der Waals surface area contributed by atoms with E-state index in [4.69, 9.17) is 5.73 Å². The predicted molar refractivity (Wildman–Crippen MR) is 90.6 cm³/mol. The average Bonchev–Trinajstić information content (AvgIpc) is 2.53. The summed E-state index contributed by atoms with van der Waals surface area (Å²) in [7, 11) is 0. The molecule has 0 aliphatic heterocycles. The third kappa shape index (κ3) is 3.56. The zero-order valence-electron chi connectivity index (χ0n) is 13.1. The lowest BCUT2D eigenvalue weighted by molar-refractivity contribution is 0.0949. The summed E-state index contributed by atoms with van der Waals surface area (Å²) in [6.07, 6.45) is 2.45. The number of aromatic nitrogens is 1. The Hall–Kier alpha value is -2.54. The Kier molecular flexibility index (Phi) is 5.37. The number of rotatable bonds is 5. The highest BCUT2D eigenvalue weighted by Crippen LogP contribution is 2.24. The van der Waals surface area contributed by atoms with Crippen molar-refractivity contribution in [2.24, 2.45) is 0 Å². The minimum Gasteiger partial charge on any atom is -0.398 e. The second kappa shape index (κ2) is 7.46. The van der Waals surface area contributed by atoms with E-state index in [-0.39, 0.29) is 5.91 Å². The number of hydrogen-bond acceptors (Lipinski definition) is 3. The Morgan fingerprint density at radius 2 is 2.23 bits per heavy atom. The van der Waals surface area contributed by atoms with E-state index in [1.807, 2.05) is 32.0 Å². The van der Waals surface area contributed by atoms with Crippen LogP contribution in [0, 0.1) is 11.8 Å². The highest BCUT2D eigenvalue weighted by atomic mass is 16.1. The number of anilines is 1. The van der Waals surface area contributed by atoms with E-state index < -0.39 is 0 Å². The molecule has 0 saturated heterocycles. The number of nitrogens with zero attached hydrogens (tertiary/aromatic N) is 1. The molecule has 3 N–H and O–H groups in total. The van der Waals surface area contributed by atoms with Crippen molar-refractivity contribution in [3.05, 3.63) is 35.5 Å². The fourth-order valence-electron chi connectivity index (χ4n) is 2.30. The van der Waals surface area contributed by atoms with E-state index in [9.17, 15) is 4.79 Å². The Morgan fingerprint density at radius 1 is 1.41 bits per heavy atom. The number of nitrogens with one attached hydrogen (secondary N) is 1. The molecule has 0 fully saturated rings. The molecule has 114 valence electrons. The van der Waals surface area contributed by atoms with Gasteiger partial charge in [-0.05, 0) is 31.4 Å². The summed E-state index contributed by atoms with van der Waals surface area (Å²) in [6.45, 7) is 4.47. The van der Waals surface area contributed by atoms with Crippen molar-refractivity contribution in [3.8, 4) is 11.8 Å². The van der Waals surface area contributed by atoms with Crippen molar-refractivity contribution in [2.75, 3.05) is 12.3 Å². The zero-order valence-corrected chi connectivity index (χ0v) is 13.1. The number of benzene rings is 1. The van der Waals surface area contributed by atoms with E-state index in [2.05, 4.69) is 22.1 Å². The van der Waals surface area contributed by atoms with Crippen LogP contribution in [-0.4, -0.2) is 17.4 Å². The van der Waals surface area contributed by atoms with Crippen molar-refractivity contribution in [3.63, 3.8) is 0 Å². The van der Waals surface area contributed by atoms with E-state index in [0.717, 1.165) is 35.7 Å². The van der Waals surface area contributed by atoms with Crippen LogP contribution in [0.1, 0.15) is 42.7 Å². The summed E-state index contributed by atoms with van der Waals surface area (Å²) >= 11 is 0. The number of carbonyl (C=O) groups is 1. The van der Waals surface area contributed by atoms with Gasteiger partial charge in [0, 0.05) is 24.0 Å². The molecule has 0 atom stereocenters. The lowest BCUT2D eigenvalue weighted by Gasteiger charge is -2.10. The SMILES string of the molecule is CC#CCCc1cccc2c(N)cc(C(=O)NCCC)nc12. The van der Waals surface area contributed by atoms with Gasteiger partial charge in [0.25, 0.3) is 5.91 Å². The average molecular weight is 295 g/mol. The molecule has 0 saturated carbocycles. The Labute approximate surface area is 131 Å². The maximum Gasteiger partial charge on any atom is 0.269 e. The Balaban J connectivity index is 2.42. The quantitative estimate of drug-likeness (QED) is 0.833. The number of nitrogens with two attached hydrogens (primary N) is 1. The van der Waals surface area contributed by atoms with Crippen LogP contribution in [0.2, 0.25) is 0 Å². The maximum atomic E-state index is 12.1. The summed E-state index contributed by atoms with van der Waals surface area (Å²) in [4.78, 5) is 16.6. The van der Waals surface area contributed by atoms with Gasteiger partial charge in [-0.2, -0.15) is 0 Å². The largest absolute Gasteiger partial charge is 0.398 e. The number of pyridine rings is 1. The Bertz CT molecular complexity index is 741. The number of aryl methyl sites for hydroxylation is 1. The molecule has 2 aromatic rings. The van der Waals surface area contributed by atoms with Gasteiger partial charge in [0.2, 0.25) is 0 Å². The van der Waals surface area contributed by atoms with Gasteiger partial charge in [-0.15, -0.1) is 11.8 Å².